The highest BCUT2D eigenvalue weighted by Crippen LogP contribution is 2.33. The predicted octanol–water partition coefficient (Wildman–Crippen LogP) is 3.61. The van der Waals surface area contributed by atoms with Crippen LogP contribution in [0.5, 0.6) is 5.75 Å². The summed E-state index contributed by atoms with van der Waals surface area (Å²) >= 11 is 0. The molecule has 1 N–H and O–H groups in total. The summed E-state index contributed by atoms with van der Waals surface area (Å²) < 4.78 is 5.39. The third-order valence-electron chi connectivity index (χ3n) is 4.29. The summed E-state index contributed by atoms with van der Waals surface area (Å²) in [5.74, 6) is 0.0427. The van der Waals surface area contributed by atoms with Crippen molar-refractivity contribution in [3.05, 3.63) is 65.4 Å². The first-order valence-electron chi connectivity index (χ1n) is 8.64. The summed E-state index contributed by atoms with van der Waals surface area (Å²) in [4.78, 5) is 27.1. The Kier molecular flexibility index (Phi) is 5.07. The maximum atomic E-state index is 12.9. The fourth-order valence-electron chi connectivity index (χ4n) is 3.05. The average Bonchev–Trinajstić information content (AvgIpc) is 2.87. The van der Waals surface area contributed by atoms with E-state index in [1.165, 1.54) is 4.90 Å². The molecule has 0 fully saturated rings. The van der Waals surface area contributed by atoms with E-state index in [1.807, 2.05) is 62.4 Å². The molecule has 2 aromatic carbocycles. The zero-order valence-electron chi connectivity index (χ0n) is 15.2. The fraction of sp³-hybridized carbons (Fsp3) is 0.238. The van der Waals surface area contributed by atoms with Crippen molar-refractivity contribution in [2.75, 3.05) is 19.0 Å². The van der Waals surface area contributed by atoms with E-state index in [0.717, 1.165) is 11.1 Å². The summed E-state index contributed by atoms with van der Waals surface area (Å²) in [6.45, 7) is 4.30. The molecule has 0 aliphatic carbocycles. The molecule has 0 bridgehead atoms. The van der Waals surface area contributed by atoms with Crippen LogP contribution in [0.25, 0.3) is 5.57 Å². The summed E-state index contributed by atoms with van der Waals surface area (Å²) in [7, 11) is 1.58. The molecule has 5 nitrogen and oxygen atoms in total. The summed E-state index contributed by atoms with van der Waals surface area (Å²) in [5.41, 5.74) is 3.09. The van der Waals surface area contributed by atoms with Gasteiger partial charge in [-0.1, -0.05) is 43.3 Å². The van der Waals surface area contributed by atoms with Gasteiger partial charge in [0.05, 0.1) is 18.4 Å². The number of nitrogens with one attached hydrogen (secondary N) is 1. The van der Waals surface area contributed by atoms with Crippen molar-refractivity contribution in [1.29, 1.82) is 0 Å². The fourth-order valence-corrected chi connectivity index (χ4v) is 3.05. The molecule has 3 rings (SSSR count). The Balaban J connectivity index is 2.10. The van der Waals surface area contributed by atoms with Gasteiger partial charge < -0.3 is 10.1 Å². The highest BCUT2D eigenvalue weighted by molar-refractivity contribution is 6.36. The third kappa shape index (κ3) is 3.20. The van der Waals surface area contributed by atoms with Crippen molar-refractivity contribution in [1.82, 2.24) is 4.90 Å². The Morgan fingerprint density at radius 1 is 1.04 bits per heavy atom. The molecule has 0 saturated heterocycles. The van der Waals surface area contributed by atoms with Crippen LogP contribution < -0.4 is 10.1 Å². The van der Waals surface area contributed by atoms with Crippen LogP contribution in [0.3, 0.4) is 0 Å². The minimum absolute atomic E-state index is 0.267. The molecule has 5 heteroatoms. The van der Waals surface area contributed by atoms with E-state index >= 15 is 0 Å². The van der Waals surface area contributed by atoms with Gasteiger partial charge in [0.15, 0.2) is 0 Å². The number of anilines is 1. The van der Waals surface area contributed by atoms with Crippen LogP contribution in [0.1, 0.15) is 24.5 Å². The predicted molar refractivity (Wildman–Crippen MR) is 102 cm³/mol. The highest BCUT2D eigenvalue weighted by Gasteiger charge is 2.38. The number of methoxy groups -OCH3 is 1. The SMILES string of the molecule is CCCN1C(=O)C(Nc2cc(C)ccc2OC)=C(c2ccccc2)C1=O. The van der Waals surface area contributed by atoms with Crippen LogP contribution in [0, 0.1) is 6.92 Å². The Morgan fingerprint density at radius 2 is 1.77 bits per heavy atom. The van der Waals surface area contributed by atoms with Crippen molar-refractivity contribution in [3.63, 3.8) is 0 Å². The smallest absolute Gasteiger partial charge is 0.278 e. The minimum Gasteiger partial charge on any atom is -0.495 e. The number of amides is 2. The molecule has 2 amide bonds. The van der Waals surface area contributed by atoms with E-state index in [-0.39, 0.29) is 11.8 Å². The number of carbonyl (C=O) groups is 2. The maximum absolute atomic E-state index is 12.9. The molecule has 0 atom stereocenters. The van der Waals surface area contributed by atoms with Crippen molar-refractivity contribution in [3.8, 4) is 5.75 Å². The van der Waals surface area contributed by atoms with Crippen LogP contribution in [-0.2, 0) is 9.59 Å². The number of nitrogens with zero attached hydrogens (tertiary/aromatic N) is 1. The number of hydrogen-bond donors (Lipinski definition) is 1. The molecular weight excluding hydrogens is 328 g/mol. The average molecular weight is 350 g/mol. The van der Waals surface area contributed by atoms with E-state index in [1.54, 1.807) is 7.11 Å². The number of rotatable bonds is 6. The summed E-state index contributed by atoms with van der Waals surface area (Å²) in [5, 5.41) is 3.16. The van der Waals surface area contributed by atoms with Crippen molar-refractivity contribution in [2.24, 2.45) is 0 Å². The van der Waals surface area contributed by atoms with Gasteiger partial charge in [-0.3, -0.25) is 14.5 Å². The molecule has 134 valence electrons. The third-order valence-corrected chi connectivity index (χ3v) is 4.29. The molecule has 26 heavy (non-hydrogen) atoms. The van der Waals surface area contributed by atoms with Gasteiger partial charge in [0.1, 0.15) is 11.4 Å². The van der Waals surface area contributed by atoms with E-state index < -0.39 is 0 Å². The first-order valence-corrected chi connectivity index (χ1v) is 8.64. The number of benzene rings is 2. The van der Waals surface area contributed by atoms with Crippen LogP contribution in [0.15, 0.2) is 54.2 Å². The van der Waals surface area contributed by atoms with Gasteiger partial charge in [-0.2, -0.15) is 0 Å². The normalized spacial score (nSPS) is 14.2. The molecule has 0 unspecified atom stereocenters. The lowest BCUT2D eigenvalue weighted by Gasteiger charge is -2.15. The Morgan fingerprint density at radius 3 is 2.42 bits per heavy atom. The zero-order chi connectivity index (χ0) is 18.7. The van der Waals surface area contributed by atoms with Crippen molar-refractivity contribution >= 4 is 23.1 Å². The zero-order valence-corrected chi connectivity index (χ0v) is 15.2. The quantitative estimate of drug-likeness (QED) is 0.809. The van der Waals surface area contributed by atoms with Gasteiger partial charge in [-0.25, -0.2) is 0 Å². The topological polar surface area (TPSA) is 58.6 Å². The molecule has 2 aromatic rings. The van der Waals surface area contributed by atoms with Crippen LogP contribution in [0.4, 0.5) is 5.69 Å². The van der Waals surface area contributed by atoms with Crippen molar-refractivity contribution in [2.45, 2.75) is 20.3 Å². The molecular formula is C21H22N2O3. The van der Waals surface area contributed by atoms with Crippen LogP contribution in [-0.4, -0.2) is 30.4 Å². The number of hydrogen-bond acceptors (Lipinski definition) is 4. The van der Waals surface area contributed by atoms with Gasteiger partial charge in [0.25, 0.3) is 11.8 Å². The monoisotopic (exact) mass is 350 g/mol. The first kappa shape index (κ1) is 17.7. The molecule has 1 aliphatic heterocycles. The number of carbonyl (C=O) groups excluding carboxylic acids is 2. The standard InChI is InChI=1S/C21H22N2O3/c1-4-12-23-20(24)18(15-8-6-5-7-9-15)19(21(23)25)22-16-13-14(2)10-11-17(16)26-3/h5-11,13,22H,4,12H2,1-3H3. The van der Waals surface area contributed by atoms with Crippen molar-refractivity contribution < 1.29 is 14.3 Å². The number of imide groups is 1. The molecule has 1 heterocycles. The van der Waals surface area contributed by atoms with Gasteiger partial charge in [-0.05, 0) is 36.6 Å². The molecule has 0 aromatic heterocycles. The Bertz CT molecular complexity index is 872. The first-order chi connectivity index (χ1) is 12.6. The molecule has 0 spiro atoms. The van der Waals surface area contributed by atoms with E-state index in [0.29, 0.717) is 35.7 Å². The number of ether oxygens (including phenoxy) is 1. The Labute approximate surface area is 153 Å². The van der Waals surface area contributed by atoms with Crippen LogP contribution >= 0.6 is 0 Å². The van der Waals surface area contributed by atoms with E-state index in [4.69, 9.17) is 4.74 Å². The van der Waals surface area contributed by atoms with Gasteiger partial charge in [0, 0.05) is 6.54 Å². The van der Waals surface area contributed by atoms with Gasteiger partial charge >= 0.3 is 0 Å². The van der Waals surface area contributed by atoms with Gasteiger partial charge in [0.2, 0.25) is 0 Å². The second-order valence-electron chi connectivity index (χ2n) is 6.21. The summed E-state index contributed by atoms with van der Waals surface area (Å²) in [6.07, 6.45) is 0.709. The maximum Gasteiger partial charge on any atom is 0.278 e. The molecule has 0 saturated carbocycles. The largest absolute Gasteiger partial charge is 0.495 e. The molecule has 0 radical (unpaired) electrons. The lowest BCUT2D eigenvalue weighted by Crippen LogP contribution is -2.33. The highest BCUT2D eigenvalue weighted by atomic mass is 16.5. The van der Waals surface area contributed by atoms with E-state index in [2.05, 4.69) is 5.32 Å². The van der Waals surface area contributed by atoms with Gasteiger partial charge in [-0.15, -0.1) is 0 Å². The lowest BCUT2D eigenvalue weighted by molar-refractivity contribution is -0.136. The lowest BCUT2D eigenvalue weighted by atomic mass is 10.0. The second-order valence-corrected chi connectivity index (χ2v) is 6.21. The number of aryl methyl sites for hydroxylation is 1. The van der Waals surface area contributed by atoms with Crippen LogP contribution in [0.2, 0.25) is 0 Å². The molecule has 1 aliphatic rings. The Hall–Kier alpha value is -3.08. The summed E-state index contributed by atoms with van der Waals surface area (Å²) in [6, 6.07) is 14.9. The second kappa shape index (κ2) is 7.44. The minimum atomic E-state index is -0.306. The van der Waals surface area contributed by atoms with E-state index in [9.17, 15) is 9.59 Å².